The van der Waals surface area contributed by atoms with E-state index < -0.39 is 60.4 Å². The van der Waals surface area contributed by atoms with Crippen molar-refractivity contribution in [3.05, 3.63) is 0 Å². The summed E-state index contributed by atoms with van der Waals surface area (Å²) in [5, 5.41) is 40.0. The van der Waals surface area contributed by atoms with Crippen molar-refractivity contribution in [2.45, 2.75) is 36.7 Å². The van der Waals surface area contributed by atoms with Gasteiger partial charge in [-0.1, -0.05) is 0 Å². The van der Waals surface area contributed by atoms with Gasteiger partial charge in [0.1, 0.15) is 24.4 Å². The van der Waals surface area contributed by atoms with Gasteiger partial charge in [0.2, 0.25) is 6.41 Å². The van der Waals surface area contributed by atoms with Gasteiger partial charge in [0, 0.05) is 0 Å². The van der Waals surface area contributed by atoms with Crippen molar-refractivity contribution in [3.63, 3.8) is 0 Å². The Labute approximate surface area is 131 Å². The zero-order valence-corrected chi connectivity index (χ0v) is 12.6. The first-order valence-corrected chi connectivity index (χ1v) is 7.80. The molecule has 6 N–H and O–H groups in total. The number of amides is 1. The maximum Gasteiger partial charge on any atom is 0.397 e. The highest BCUT2D eigenvalue weighted by atomic mass is 32.3. The Balaban J connectivity index is 2.80. The smallest absolute Gasteiger partial charge is 0.394 e. The van der Waals surface area contributed by atoms with Crippen LogP contribution >= 0.6 is 0 Å². The average Bonchev–Trinajstić information content (AvgIpc) is 2.48. The van der Waals surface area contributed by atoms with Crippen LogP contribution in [0.2, 0.25) is 0 Å². The topological polar surface area (TPSA) is 192 Å². The van der Waals surface area contributed by atoms with Crippen LogP contribution in [0.25, 0.3) is 0 Å². The molecule has 1 heterocycles. The SMILES string of the molecule is O=CN[C@H](CO)CO[C@@H]1O[C@H](CO)[C@H](O)[C@H](OS(=O)(=O)O)[C@H]1O. The van der Waals surface area contributed by atoms with E-state index in [1.807, 2.05) is 0 Å². The lowest BCUT2D eigenvalue weighted by Gasteiger charge is -2.41. The fourth-order valence-corrected chi connectivity index (χ4v) is 2.41. The summed E-state index contributed by atoms with van der Waals surface area (Å²) in [5.41, 5.74) is 0. The van der Waals surface area contributed by atoms with Gasteiger partial charge >= 0.3 is 10.4 Å². The van der Waals surface area contributed by atoms with E-state index in [9.17, 15) is 23.4 Å². The van der Waals surface area contributed by atoms with Crippen LogP contribution in [0, 0.1) is 0 Å². The molecule has 136 valence electrons. The predicted molar refractivity (Wildman–Crippen MR) is 70.2 cm³/mol. The number of hydrogen-bond donors (Lipinski definition) is 6. The van der Waals surface area contributed by atoms with Gasteiger partial charge < -0.3 is 35.2 Å². The van der Waals surface area contributed by atoms with E-state index in [1.165, 1.54) is 0 Å². The van der Waals surface area contributed by atoms with Crippen LogP contribution in [0.1, 0.15) is 0 Å². The highest BCUT2D eigenvalue weighted by Gasteiger charge is 2.47. The van der Waals surface area contributed by atoms with Crippen molar-refractivity contribution in [2.24, 2.45) is 0 Å². The minimum absolute atomic E-state index is 0.312. The van der Waals surface area contributed by atoms with Gasteiger partial charge in [-0.05, 0) is 0 Å². The predicted octanol–water partition coefficient (Wildman–Crippen LogP) is -4.26. The molecular formula is C10H19NO11S. The Bertz CT molecular complexity index is 471. The molecule has 0 aromatic rings. The van der Waals surface area contributed by atoms with Gasteiger partial charge in [-0.2, -0.15) is 8.42 Å². The van der Waals surface area contributed by atoms with Gasteiger partial charge in [-0.25, -0.2) is 4.18 Å². The third-order valence-electron chi connectivity index (χ3n) is 3.04. The number of aliphatic hydroxyl groups is 4. The zero-order chi connectivity index (χ0) is 17.6. The third kappa shape index (κ3) is 5.91. The largest absolute Gasteiger partial charge is 0.397 e. The summed E-state index contributed by atoms with van der Waals surface area (Å²) >= 11 is 0. The van der Waals surface area contributed by atoms with Gasteiger partial charge in [0.05, 0.1) is 25.9 Å². The molecule has 0 bridgehead atoms. The first-order chi connectivity index (χ1) is 10.7. The van der Waals surface area contributed by atoms with Crippen LogP contribution in [-0.2, 0) is 28.9 Å². The number of aliphatic hydroxyl groups excluding tert-OH is 4. The van der Waals surface area contributed by atoms with Crippen molar-refractivity contribution < 1.29 is 51.8 Å². The molecule has 1 rings (SSSR count). The fraction of sp³-hybridized carbons (Fsp3) is 0.900. The van der Waals surface area contributed by atoms with Crippen LogP contribution in [0.3, 0.4) is 0 Å². The minimum atomic E-state index is -5.00. The average molecular weight is 361 g/mol. The molecule has 0 aromatic heterocycles. The normalized spacial score (nSPS) is 33.2. The Hall–Kier alpha value is -0.900. The molecule has 0 saturated carbocycles. The molecule has 6 atom stereocenters. The van der Waals surface area contributed by atoms with Crippen molar-refractivity contribution in [3.8, 4) is 0 Å². The van der Waals surface area contributed by atoms with Crippen molar-refractivity contribution in [1.82, 2.24) is 5.32 Å². The quantitative estimate of drug-likeness (QED) is 0.172. The molecule has 1 saturated heterocycles. The van der Waals surface area contributed by atoms with Crippen LogP contribution in [-0.4, -0.2) is 96.4 Å². The molecule has 1 aliphatic rings. The molecule has 0 spiro atoms. The summed E-state index contributed by atoms with van der Waals surface area (Å²) in [6, 6.07) is -0.830. The van der Waals surface area contributed by atoms with Crippen LogP contribution in [0.15, 0.2) is 0 Å². The number of carbonyl (C=O) groups excluding carboxylic acids is 1. The summed E-state index contributed by atoms with van der Waals surface area (Å²) in [4.78, 5) is 10.3. The number of carbonyl (C=O) groups is 1. The molecule has 1 fully saturated rings. The Morgan fingerprint density at radius 2 is 1.91 bits per heavy atom. The molecule has 23 heavy (non-hydrogen) atoms. The zero-order valence-electron chi connectivity index (χ0n) is 11.8. The maximum atomic E-state index is 10.8. The van der Waals surface area contributed by atoms with Crippen molar-refractivity contribution >= 4 is 16.8 Å². The third-order valence-corrected chi connectivity index (χ3v) is 3.51. The number of nitrogens with one attached hydrogen (secondary N) is 1. The number of rotatable bonds is 9. The van der Waals surface area contributed by atoms with Gasteiger partial charge in [0.15, 0.2) is 6.29 Å². The molecule has 1 amide bonds. The molecule has 0 radical (unpaired) electrons. The molecule has 13 heteroatoms. The van der Waals surface area contributed by atoms with Gasteiger partial charge in [-0.3, -0.25) is 9.35 Å². The molecule has 0 aliphatic carbocycles. The number of ether oxygens (including phenoxy) is 2. The second kappa shape index (κ2) is 8.81. The second-order valence-electron chi connectivity index (χ2n) is 4.69. The summed E-state index contributed by atoms with van der Waals surface area (Å²) in [6.45, 7) is -1.57. The first kappa shape index (κ1) is 20.1. The van der Waals surface area contributed by atoms with Crippen molar-refractivity contribution in [2.75, 3.05) is 19.8 Å². The van der Waals surface area contributed by atoms with E-state index in [0.717, 1.165) is 0 Å². The van der Waals surface area contributed by atoms with E-state index in [-0.39, 0.29) is 6.61 Å². The Kier molecular flexibility index (Phi) is 7.72. The summed E-state index contributed by atoms with van der Waals surface area (Å²) in [6.07, 6.45) is -8.06. The Morgan fingerprint density at radius 3 is 2.39 bits per heavy atom. The maximum absolute atomic E-state index is 10.8. The van der Waals surface area contributed by atoms with Crippen molar-refractivity contribution in [1.29, 1.82) is 0 Å². The van der Waals surface area contributed by atoms with Gasteiger partial charge in [0.25, 0.3) is 0 Å². The van der Waals surface area contributed by atoms with E-state index in [2.05, 4.69) is 9.50 Å². The van der Waals surface area contributed by atoms with E-state index in [4.69, 9.17) is 24.2 Å². The van der Waals surface area contributed by atoms with Gasteiger partial charge in [-0.15, -0.1) is 0 Å². The van der Waals surface area contributed by atoms with Crippen LogP contribution in [0.5, 0.6) is 0 Å². The lowest BCUT2D eigenvalue weighted by atomic mass is 9.99. The molecule has 1 aliphatic heterocycles. The lowest BCUT2D eigenvalue weighted by molar-refractivity contribution is -0.298. The Morgan fingerprint density at radius 1 is 1.26 bits per heavy atom. The highest BCUT2D eigenvalue weighted by Crippen LogP contribution is 2.25. The summed E-state index contributed by atoms with van der Waals surface area (Å²) in [5.74, 6) is 0. The summed E-state index contributed by atoms with van der Waals surface area (Å²) in [7, 11) is -5.00. The summed E-state index contributed by atoms with van der Waals surface area (Å²) < 4.78 is 44.6. The van der Waals surface area contributed by atoms with E-state index in [0.29, 0.717) is 6.41 Å². The first-order valence-electron chi connectivity index (χ1n) is 6.43. The number of hydrogen-bond acceptors (Lipinski definition) is 10. The van der Waals surface area contributed by atoms with Crippen LogP contribution in [0.4, 0.5) is 0 Å². The van der Waals surface area contributed by atoms with Crippen LogP contribution < -0.4 is 5.32 Å². The molecule has 0 aromatic carbocycles. The second-order valence-corrected chi connectivity index (χ2v) is 5.74. The molecule has 0 unspecified atom stereocenters. The highest BCUT2D eigenvalue weighted by molar-refractivity contribution is 7.80. The molecular weight excluding hydrogens is 342 g/mol. The van der Waals surface area contributed by atoms with E-state index >= 15 is 0 Å². The fourth-order valence-electron chi connectivity index (χ4n) is 1.91. The standard InChI is InChI=1S/C10H19NO11S/c12-1-5(11-4-14)3-20-10-8(16)9(22-23(17,18)19)7(15)6(2-13)21-10/h4-10,12-13,15-16H,1-3H2,(H,11,14)(H,17,18,19)/t5-,6-,7+,8-,9+,10-/m1/s1. The minimum Gasteiger partial charge on any atom is -0.394 e. The van der Waals surface area contributed by atoms with E-state index in [1.54, 1.807) is 0 Å². The monoisotopic (exact) mass is 361 g/mol. The lowest BCUT2D eigenvalue weighted by Crippen LogP contribution is -2.60. The molecule has 12 nitrogen and oxygen atoms in total.